The number of carbonyl (C=O) groups is 1. The van der Waals surface area contributed by atoms with Gasteiger partial charge in [0, 0.05) is 6.92 Å². The number of benzene rings is 1. The number of esters is 1. The highest BCUT2D eigenvalue weighted by Crippen LogP contribution is 2.35. The van der Waals surface area contributed by atoms with Gasteiger partial charge in [0.15, 0.2) is 0 Å². The Morgan fingerprint density at radius 3 is 2.64 bits per heavy atom. The van der Waals surface area contributed by atoms with Crippen LogP contribution in [0.4, 0.5) is 0 Å². The summed E-state index contributed by atoms with van der Waals surface area (Å²) < 4.78 is 22.3. The van der Waals surface area contributed by atoms with Crippen molar-refractivity contribution in [3.05, 3.63) is 35.9 Å². The fourth-order valence-electron chi connectivity index (χ4n) is 2.38. The van der Waals surface area contributed by atoms with E-state index in [9.17, 15) is 4.79 Å². The molecule has 1 aromatic rings. The molecule has 1 fully saturated rings. The van der Waals surface area contributed by atoms with Gasteiger partial charge in [-0.3, -0.25) is 0 Å². The van der Waals surface area contributed by atoms with E-state index in [4.69, 9.17) is 18.9 Å². The molecule has 1 aliphatic rings. The third-order valence-electron chi connectivity index (χ3n) is 3.79. The van der Waals surface area contributed by atoms with Crippen molar-refractivity contribution in [3.63, 3.8) is 0 Å². The lowest BCUT2D eigenvalue weighted by molar-refractivity contribution is -0.217. The summed E-state index contributed by atoms with van der Waals surface area (Å²) in [5.74, 6) is -1.84. The summed E-state index contributed by atoms with van der Waals surface area (Å²) >= 11 is 0. The van der Waals surface area contributed by atoms with Crippen molar-refractivity contribution >= 4 is 5.97 Å². The molecule has 122 valence electrons. The van der Waals surface area contributed by atoms with Crippen LogP contribution in [0.2, 0.25) is 0 Å². The molecule has 1 aromatic carbocycles. The van der Waals surface area contributed by atoms with Crippen molar-refractivity contribution in [2.45, 2.75) is 45.2 Å². The standard InChI is InChI=1S/C17H24O5/c1-4-17(12-19-11-14-9-7-6-8-10-14)13-21-16(3,22-17)15(18)20-5-2/h6-10H,4-5,11-13H2,1-3H3. The second kappa shape index (κ2) is 7.22. The van der Waals surface area contributed by atoms with E-state index in [-0.39, 0.29) is 0 Å². The lowest BCUT2D eigenvalue weighted by Crippen LogP contribution is -2.43. The van der Waals surface area contributed by atoms with Gasteiger partial charge in [0.05, 0.1) is 26.4 Å². The van der Waals surface area contributed by atoms with E-state index in [1.165, 1.54) is 0 Å². The molecule has 0 aliphatic carbocycles. The van der Waals surface area contributed by atoms with Gasteiger partial charge < -0.3 is 18.9 Å². The van der Waals surface area contributed by atoms with Crippen molar-refractivity contribution in [2.24, 2.45) is 0 Å². The third-order valence-corrected chi connectivity index (χ3v) is 3.79. The second-order valence-corrected chi connectivity index (χ2v) is 5.57. The minimum absolute atomic E-state index is 0.296. The Kier molecular flexibility index (Phi) is 5.56. The predicted molar refractivity (Wildman–Crippen MR) is 81.2 cm³/mol. The predicted octanol–water partition coefficient (Wildman–Crippen LogP) is 2.68. The molecular formula is C17H24O5. The minimum atomic E-state index is -1.35. The molecule has 1 heterocycles. The molecule has 2 rings (SSSR count). The van der Waals surface area contributed by atoms with E-state index >= 15 is 0 Å². The van der Waals surface area contributed by atoms with E-state index in [0.717, 1.165) is 5.56 Å². The molecule has 5 heteroatoms. The summed E-state index contributed by atoms with van der Waals surface area (Å²) in [5, 5.41) is 0. The van der Waals surface area contributed by atoms with Crippen LogP contribution in [0.25, 0.3) is 0 Å². The number of rotatable bonds is 7. The monoisotopic (exact) mass is 308 g/mol. The van der Waals surface area contributed by atoms with Crippen LogP contribution in [-0.4, -0.2) is 37.2 Å². The fourth-order valence-corrected chi connectivity index (χ4v) is 2.38. The highest BCUT2D eigenvalue weighted by molar-refractivity contribution is 5.77. The highest BCUT2D eigenvalue weighted by Gasteiger charge is 2.52. The Balaban J connectivity index is 1.92. The van der Waals surface area contributed by atoms with Crippen LogP contribution in [0, 0.1) is 0 Å². The normalized spacial score (nSPS) is 27.8. The van der Waals surface area contributed by atoms with Gasteiger partial charge in [0.1, 0.15) is 5.60 Å². The number of ether oxygens (including phenoxy) is 4. The maximum atomic E-state index is 12.0. The SMILES string of the molecule is CCOC(=O)C1(C)OCC(CC)(COCc2ccccc2)O1. The van der Waals surface area contributed by atoms with Gasteiger partial charge >= 0.3 is 5.97 Å². The first-order chi connectivity index (χ1) is 10.5. The summed E-state index contributed by atoms with van der Waals surface area (Å²) in [7, 11) is 0. The molecule has 5 nitrogen and oxygen atoms in total. The molecule has 22 heavy (non-hydrogen) atoms. The first-order valence-corrected chi connectivity index (χ1v) is 7.66. The van der Waals surface area contributed by atoms with Crippen molar-refractivity contribution in [1.29, 1.82) is 0 Å². The molecule has 2 atom stereocenters. The number of hydrogen-bond acceptors (Lipinski definition) is 5. The molecule has 0 spiro atoms. The van der Waals surface area contributed by atoms with Crippen LogP contribution in [0.15, 0.2) is 30.3 Å². The Morgan fingerprint density at radius 2 is 2.00 bits per heavy atom. The highest BCUT2D eigenvalue weighted by atomic mass is 16.8. The quantitative estimate of drug-likeness (QED) is 0.725. The molecular weight excluding hydrogens is 284 g/mol. The zero-order valence-electron chi connectivity index (χ0n) is 13.5. The van der Waals surface area contributed by atoms with E-state index in [0.29, 0.717) is 32.8 Å². The summed E-state index contributed by atoms with van der Waals surface area (Å²) in [5.41, 5.74) is 0.483. The van der Waals surface area contributed by atoms with Gasteiger partial charge in [0.25, 0.3) is 5.79 Å². The average molecular weight is 308 g/mol. The van der Waals surface area contributed by atoms with Crippen LogP contribution in [0.3, 0.4) is 0 Å². The smallest absolute Gasteiger partial charge is 0.366 e. The van der Waals surface area contributed by atoms with Crippen molar-refractivity contribution in [1.82, 2.24) is 0 Å². The lowest BCUT2D eigenvalue weighted by atomic mass is 10.0. The average Bonchev–Trinajstić information content (AvgIpc) is 2.88. The van der Waals surface area contributed by atoms with Gasteiger partial charge in [-0.25, -0.2) is 4.79 Å². The van der Waals surface area contributed by atoms with Crippen molar-refractivity contribution < 1.29 is 23.7 Å². The Bertz CT molecular complexity index is 489. The maximum absolute atomic E-state index is 12.0. The zero-order chi connectivity index (χ0) is 16.1. The minimum Gasteiger partial charge on any atom is -0.462 e. The van der Waals surface area contributed by atoms with E-state index in [2.05, 4.69) is 0 Å². The van der Waals surface area contributed by atoms with E-state index < -0.39 is 17.4 Å². The summed E-state index contributed by atoms with van der Waals surface area (Å²) in [6.45, 7) is 6.83. The Morgan fingerprint density at radius 1 is 1.27 bits per heavy atom. The van der Waals surface area contributed by atoms with Crippen LogP contribution < -0.4 is 0 Å². The van der Waals surface area contributed by atoms with Crippen LogP contribution in [0.1, 0.15) is 32.8 Å². The molecule has 0 amide bonds. The molecule has 0 N–H and O–H groups in total. The topological polar surface area (TPSA) is 54.0 Å². The van der Waals surface area contributed by atoms with Gasteiger partial charge in [-0.15, -0.1) is 0 Å². The van der Waals surface area contributed by atoms with Crippen molar-refractivity contribution in [3.8, 4) is 0 Å². The van der Waals surface area contributed by atoms with Crippen LogP contribution in [0.5, 0.6) is 0 Å². The fraction of sp³-hybridized carbons (Fsp3) is 0.588. The maximum Gasteiger partial charge on any atom is 0.366 e. The number of carbonyl (C=O) groups excluding carboxylic acids is 1. The molecule has 0 bridgehead atoms. The summed E-state index contributed by atoms with van der Waals surface area (Å²) in [6.07, 6.45) is 0.691. The largest absolute Gasteiger partial charge is 0.462 e. The van der Waals surface area contributed by atoms with Gasteiger partial charge in [0.2, 0.25) is 0 Å². The van der Waals surface area contributed by atoms with Crippen LogP contribution >= 0.6 is 0 Å². The molecule has 0 aromatic heterocycles. The Labute approximate surface area is 131 Å². The van der Waals surface area contributed by atoms with Gasteiger partial charge in [-0.2, -0.15) is 0 Å². The Hall–Kier alpha value is -1.43. The molecule has 2 unspecified atom stereocenters. The van der Waals surface area contributed by atoms with E-state index in [1.807, 2.05) is 37.3 Å². The lowest BCUT2D eigenvalue weighted by Gasteiger charge is -2.28. The van der Waals surface area contributed by atoms with Gasteiger partial charge in [-0.05, 0) is 18.9 Å². The first kappa shape index (κ1) is 16.9. The third kappa shape index (κ3) is 3.85. The summed E-state index contributed by atoms with van der Waals surface area (Å²) in [4.78, 5) is 12.0. The number of hydrogen-bond donors (Lipinski definition) is 0. The van der Waals surface area contributed by atoms with Gasteiger partial charge in [-0.1, -0.05) is 37.3 Å². The second-order valence-electron chi connectivity index (χ2n) is 5.57. The summed E-state index contributed by atoms with van der Waals surface area (Å²) in [6, 6.07) is 9.93. The zero-order valence-corrected chi connectivity index (χ0v) is 13.5. The molecule has 1 aliphatic heterocycles. The molecule has 0 saturated carbocycles. The first-order valence-electron chi connectivity index (χ1n) is 7.66. The van der Waals surface area contributed by atoms with E-state index in [1.54, 1.807) is 13.8 Å². The van der Waals surface area contributed by atoms with Crippen molar-refractivity contribution in [2.75, 3.05) is 19.8 Å². The molecule has 1 saturated heterocycles. The van der Waals surface area contributed by atoms with Crippen LogP contribution in [-0.2, 0) is 30.3 Å². The molecule has 0 radical (unpaired) electrons.